The van der Waals surface area contributed by atoms with E-state index in [4.69, 9.17) is 4.99 Å². The number of anilines is 1. The van der Waals surface area contributed by atoms with Gasteiger partial charge in [-0.1, -0.05) is 171 Å². The maximum atomic E-state index is 5.41. The van der Waals surface area contributed by atoms with Gasteiger partial charge in [-0.2, -0.15) is 0 Å². The number of benzene rings is 5. The second-order valence-corrected chi connectivity index (χ2v) is 17.0. The molecule has 3 aliphatic rings. The van der Waals surface area contributed by atoms with Crippen molar-refractivity contribution in [3.8, 4) is 11.1 Å². The Morgan fingerprint density at radius 1 is 0.773 bits per heavy atom. The zero-order valence-corrected chi connectivity index (χ0v) is 38.3. The second kappa shape index (κ2) is 19.6. The van der Waals surface area contributed by atoms with Crippen LogP contribution < -0.4 is 20.8 Å². The van der Waals surface area contributed by atoms with Crippen molar-refractivity contribution in [2.24, 2.45) is 4.99 Å². The fourth-order valence-corrected chi connectivity index (χ4v) is 9.92. The quantitative estimate of drug-likeness (QED) is 0.104. The van der Waals surface area contributed by atoms with Crippen molar-refractivity contribution in [2.45, 2.75) is 52.2 Å². The lowest BCUT2D eigenvalue weighted by Gasteiger charge is -2.30. The van der Waals surface area contributed by atoms with E-state index in [9.17, 15) is 0 Å². The summed E-state index contributed by atoms with van der Waals surface area (Å²) in [5.41, 5.74) is 17.1. The first kappa shape index (κ1) is 43.6. The van der Waals surface area contributed by atoms with E-state index in [0.29, 0.717) is 0 Å². The minimum Gasteiger partial charge on any atom is -0.345 e. The van der Waals surface area contributed by atoms with Crippen LogP contribution >= 0.6 is 0 Å². The summed E-state index contributed by atoms with van der Waals surface area (Å²) in [5, 5.41) is 8.29. The standard InChI is InChI=1S/C62H58N4/c1-7-24-55-57(9-3)66(62-63-56-33-22-20-32-54(56)61(64-62)50-38-37-47-41-46(35-36-48(47)42-50)45-25-14-12-15-26-45)58(10-4)60(55)53-31-19-18-27-49(53)40-44(8-2)39-43(6)52-30-21-23-34-59(52)65(11-5)51-28-16-13-17-29-51/h7-10,12-17,19-22,24-26,28-33,35-39,41-42,62,64H,2-4,6,11,18,23,27,34,40H2,1,5H3/b24-7-,44-39+/t62-/m0/s1. The topological polar surface area (TPSA) is 32.6 Å². The van der Waals surface area contributed by atoms with Gasteiger partial charge >= 0.3 is 0 Å². The summed E-state index contributed by atoms with van der Waals surface area (Å²) in [6.07, 6.45) is 25.8. The smallest absolute Gasteiger partial charge is 0.201 e. The van der Waals surface area contributed by atoms with Crippen LogP contribution in [0.4, 0.5) is 5.69 Å². The Hall–Kier alpha value is -7.69. The fraction of sp³-hybridized carbons (Fsp3) is 0.145. The van der Waals surface area contributed by atoms with Gasteiger partial charge in [-0.3, -0.25) is 0 Å². The van der Waals surface area contributed by atoms with Crippen LogP contribution in [0, 0.1) is 0 Å². The highest BCUT2D eigenvalue weighted by atomic mass is 15.3. The molecule has 1 N–H and O–H groups in total. The van der Waals surface area contributed by atoms with Crippen LogP contribution in [0.2, 0.25) is 0 Å². The lowest BCUT2D eigenvalue weighted by molar-refractivity contribution is 0.460. The van der Waals surface area contributed by atoms with Gasteiger partial charge in [0.25, 0.3) is 0 Å². The SMILES string of the molecule is C=C/C(=C\C(=C)C1=C(N(CC)c2ccccc2)CCC=C1)CC1=C(c2c(/C=C\C)c(C=C)n([C@H]3N=c4ccccc4=C(c4ccc5cc(-c6ccccc6)ccc5c4)N3)c2C=C)C=CCC1. The van der Waals surface area contributed by atoms with Gasteiger partial charge in [0.05, 0.1) is 22.4 Å². The lowest BCUT2D eigenvalue weighted by Crippen LogP contribution is -2.42. The van der Waals surface area contributed by atoms with E-state index in [1.165, 1.54) is 50.0 Å². The second-order valence-electron chi connectivity index (χ2n) is 17.0. The molecule has 9 rings (SSSR count). The zero-order valence-electron chi connectivity index (χ0n) is 38.3. The van der Waals surface area contributed by atoms with Crippen molar-refractivity contribution in [1.82, 2.24) is 9.88 Å². The van der Waals surface area contributed by atoms with Gasteiger partial charge in [-0.05, 0) is 133 Å². The number of nitrogens with zero attached hydrogens (tertiary/aromatic N) is 3. The summed E-state index contributed by atoms with van der Waals surface area (Å²) in [6, 6.07) is 43.1. The number of nitrogens with one attached hydrogen (secondary N) is 1. The Kier molecular flexibility index (Phi) is 12.9. The molecule has 1 atom stereocenters. The Balaban J connectivity index is 1.11. The molecule has 2 heterocycles. The monoisotopic (exact) mass is 858 g/mol. The molecule has 0 fully saturated rings. The van der Waals surface area contributed by atoms with Gasteiger partial charge < -0.3 is 14.8 Å². The van der Waals surface area contributed by atoms with Gasteiger partial charge in [-0.25, -0.2) is 4.99 Å². The van der Waals surface area contributed by atoms with E-state index < -0.39 is 6.29 Å². The molecular weight excluding hydrogens is 801 g/mol. The highest BCUT2D eigenvalue weighted by Crippen LogP contribution is 2.41. The molecule has 0 saturated heterocycles. The molecule has 0 saturated carbocycles. The van der Waals surface area contributed by atoms with Crippen LogP contribution in [0.1, 0.15) is 80.3 Å². The number of hydrogen-bond acceptors (Lipinski definition) is 3. The van der Waals surface area contributed by atoms with Crippen molar-refractivity contribution in [1.29, 1.82) is 0 Å². The van der Waals surface area contributed by atoms with E-state index in [-0.39, 0.29) is 0 Å². The van der Waals surface area contributed by atoms with Crippen LogP contribution in [0.3, 0.4) is 0 Å². The molecule has 4 heteroatoms. The maximum absolute atomic E-state index is 5.41. The van der Waals surface area contributed by atoms with Crippen LogP contribution in [0.25, 0.3) is 51.4 Å². The molecule has 1 aliphatic heterocycles. The Morgan fingerprint density at radius 2 is 1.45 bits per heavy atom. The number of hydrogen-bond donors (Lipinski definition) is 1. The summed E-state index contributed by atoms with van der Waals surface area (Å²) in [4.78, 5) is 7.84. The minimum atomic E-state index is -0.474. The van der Waals surface area contributed by atoms with Gasteiger partial charge in [0, 0.05) is 39.8 Å². The summed E-state index contributed by atoms with van der Waals surface area (Å²) in [6.45, 7) is 23.0. The van der Waals surface area contributed by atoms with Crippen LogP contribution in [0.5, 0.6) is 0 Å². The zero-order chi connectivity index (χ0) is 45.6. The van der Waals surface area contributed by atoms with Gasteiger partial charge in [-0.15, -0.1) is 0 Å². The molecule has 0 bridgehead atoms. The lowest BCUT2D eigenvalue weighted by atomic mass is 9.85. The number of para-hydroxylation sites is 2. The Morgan fingerprint density at radius 3 is 2.18 bits per heavy atom. The summed E-state index contributed by atoms with van der Waals surface area (Å²) in [5.74, 6) is 0. The van der Waals surface area contributed by atoms with Crippen LogP contribution in [-0.4, -0.2) is 11.1 Å². The average Bonchev–Trinajstić information content (AvgIpc) is 3.69. The number of aromatic nitrogens is 1. The minimum absolute atomic E-state index is 0.474. The molecule has 0 spiro atoms. The normalized spacial score (nSPS) is 16.0. The van der Waals surface area contributed by atoms with Crippen molar-refractivity contribution in [2.75, 3.05) is 11.4 Å². The summed E-state index contributed by atoms with van der Waals surface area (Å²) >= 11 is 0. The number of fused-ring (bicyclic) bond motifs is 2. The first-order valence-electron chi connectivity index (χ1n) is 23.3. The molecule has 326 valence electrons. The van der Waals surface area contributed by atoms with E-state index in [1.54, 1.807) is 0 Å². The molecule has 2 aliphatic carbocycles. The highest BCUT2D eigenvalue weighted by molar-refractivity contribution is 5.92. The van der Waals surface area contributed by atoms with Crippen LogP contribution in [0.15, 0.2) is 223 Å². The predicted octanol–water partition coefficient (Wildman–Crippen LogP) is 14.5. The van der Waals surface area contributed by atoms with E-state index in [1.807, 2.05) is 18.2 Å². The van der Waals surface area contributed by atoms with E-state index in [0.717, 1.165) is 94.1 Å². The van der Waals surface area contributed by atoms with Gasteiger partial charge in [0.1, 0.15) is 0 Å². The first-order valence-corrected chi connectivity index (χ1v) is 23.3. The predicted molar refractivity (Wildman–Crippen MR) is 283 cm³/mol. The molecular formula is C62H58N4. The third-order valence-corrected chi connectivity index (χ3v) is 13.0. The van der Waals surface area contributed by atoms with Crippen molar-refractivity contribution >= 4 is 46.0 Å². The average molecular weight is 859 g/mol. The highest BCUT2D eigenvalue weighted by Gasteiger charge is 2.29. The van der Waals surface area contributed by atoms with Gasteiger partial charge in [0.15, 0.2) is 0 Å². The first-order chi connectivity index (χ1) is 32.4. The molecule has 0 unspecified atom stereocenters. The van der Waals surface area contributed by atoms with Crippen molar-refractivity contribution in [3.63, 3.8) is 0 Å². The molecule has 0 amide bonds. The number of rotatable bonds is 15. The Labute approximate surface area is 390 Å². The summed E-state index contributed by atoms with van der Waals surface area (Å²) in [7, 11) is 0. The molecule has 66 heavy (non-hydrogen) atoms. The van der Waals surface area contributed by atoms with Gasteiger partial charge in [0.2, 0.25) is 6.29 Å². The molecule has 4 nitrogen and oxygen atoms in total. The number of allylic oxidation sites excluding steroid dienone is 13. The molecule has 1 aromatic heterocycles. The molecule has 5 aromatic carbocycles. The fourth-order valence-electron chi connectivity index (χ4n) is 9.92. The van der Waals surface area contributed by atoms with Crippen LogP contribution in [-0.2, 0) is 0 Å². The third kappa shape index (κ3) is 8.51. The van der Waals surface area contributed by atoms with Crippen molar-refractivity contribution < 1.29 is 0 Å². The summed E-state index contributed by atoms with van der Waals surface area (Å²) < 4.78 is 2.28. The Bertz CT molecular complexity index is 3200. The molecule has 0 radical (unpaired) electrons. The maximum Gasteiger partial charge on any atom is 0.201 e. The van der Waals surface area contributed by atoms with E-state index >= 15 is 0 Å². The third-order valence-electron chi connectivity index (χ3n) is 13.0. The van der Waals surface area contributed by atoms with Crippen molar-refractivity contribution in [3.05, 3.63) is 257 Å². The largest absolute Gasteiger partial charge is 0.345 e. The molecule has 6 aromatic rings. The van der Waals surface area contributed by atoms with E-state index in [2.05, 4.69) is 219 Å².